The quantitative estimate of drug-likeness (QED) is 0.691. The van der Waals surface area contributed by atoms with Crippen LogP contribution in [0.3, 0.4) is 0 Å². The van der Waals surface area contributed by atoms with Crippen molar-refractivity contribution in [3.8, 4) is 0 Å². The van der Waals surface area contributed by atoms with E-state index in [4.69, 9.17) is 4.99 Å². The molecule has 0 saturated carbocycles. The molecule has 0 spiro atoms. The van der Waals surface area contributed by atoms with Gasteiger partial charge in [-0.3, -0.25) is 9.73 Å². The lowest BCUT2D eigenvalue weighted by atomic mass is 10.1. The minimum Gasteiger partial charge on any atom is -0.352 e. The molecule has 0 fully saturated rings. The Bertz CT molecular complexity index is 1110. The molecule has 31 heavy (non-hydrogen) atoms. The number of nitrogens with one attached hydrogen (secondary N) is 1. The van der Waals surface area contributed by atoms with Gasteiger partial charge in [-0.2, -0.15) is 0 Å². The number of aryl methyl sites for hydroxylation is 2. The van der Waals surface area contributed by atoms with Gasteiger partial charge in [0.25, 0.3) is 0 Å². The van der Waals surface area contributed by atoms with Gasteiger partial charge < -0.3 is 9.80 Å². The second kappa shape index (κ2) is 8.07. The van der Waals surface area contributed by atoms with Crippen LogP contribution in [0.25, 0.3) is 0 Å². The lowest BCUT2D eigenvalue weighted by Crippen LogP contribution is -2.45. The largest absolute Gasteiger partial charge is 0.352 e. The Morgan fingerprint density at radius 2 is 1.97 bits per heavy atom. The average Bonchev–Trinajstić information content (AvgIpc) is 3.27. The van der Waals surface area contributed by atoms with Crippen LogP contribution in [0.5, 0.6) is 0 Å². The number of imidazole rings is 1. The van der Waals surface area contributed by atoms with Crippen LogP contribution in [0, 0.1) is 6.92 Å². The van der Waals surface area contributed by atoms with Crippen molar-refractivity contribution in [2.75, 3.05) is 31.0 Å². The number of aromatic nitrogens is 2. The monoisotopic (exact) mass is 445 g/mol. The summed E-state index contributed by atoms with van der Waals surface area (Å²) in [5, 5.41) is 2.14. The zero-order valence-corrected chi connectivity index (χ0v) is 19.7. The molecule has 1 N–H and O–H groups in total. The van der Waals surface area contributed by atoms with Crippen molar-refractivity contribution in [3.05, 3.63) is 52.4 Å². The molecule has 4 rings (SSSR count). The highest BCUT2D eigenvalue weighted by Gasteiger charge is 2.37. The Morgan fingerprint density at radius 3 is 2.65 bits per heavy atom. The molecule has 3 aliphatic heterocycles. The van der Waals surface area contributed by atoms with Gasteiger partial charge in [0.15, 0.2) is 0 Å². The third kappa shape index (κ3) is 4.08. The van der Waals surface area contributed by atoms with E-state index in [0.29, 0.717) is 24.6 Å². The molecule has 0 saturated heterocycles. The maximum atomic E-state index is 12.0. The first-order valence-electron chi connectivity index (χ1n) is 10.7. The van der Waals surface area contributed by atoms with Crippen molar-refractivity contribution < 1.29 is 8.42 Å². The minimum absolute atomic E-state index is 0.587. The predicted molar refractivity (Wildman–Crippen MR) is 122 cm³/mol. The van der Waals surface area contributed by atoms with Gasteiger partial charge in [-0.05, 0) is 32.3 Å². The first kappa shape index (κ1) is 21.5. The maximum absolute atomic E-state index is 12.0. The van der Waals surface area contributed by atoms with E-state index in [9.17, 15) is 8.42 Å². The normalized spacial score (nSPS) is 18.6. The standard InChI is InChI=1S/C21H31N7O2S/c1-6-8-18-23-16(4)12-28(18)26-13-17-10-22-20-19(24-31(5,29)30)15(3)11-25(9-7-2)21(20)27(17)14-26/h10,12-13,24H,6-9,11,14H2,1-5H3. The summed E-state index contributed by atoms with van der Waals surface area (Å²) in [6.45, 7) is 10.4. The van der Waals surface area contributed by atoms with E-state index in [0.717, 1.165) is 54.4 Å². The Hall–Kier alpha value is -2.75. The number of rotatable bonds is 7. The Kier molecular flexibility index (Phi) is 5.59. The Labute approximate surface area is 184 Å². The van der Waals surface area contributed by atoms with Crippen LogP contribution in [0.1, 0.15) is 45.1 Å². The summed E-state index contributed by atoms with van der Waals surface area (Å²) in [6, 6.07) is 0. The van der Waals surface area contributed by atoms with Gasteiger partial charge in [-0.15, -0.1) is 0 Å². The summed E-state index contributed by atoms with van der Waals surface area (Å²) in [7, 11) is -3.41. The molecule has 1 aromatic rings. The number of fused-ring (bicyclic) bond motifs is 2. The third-order valence-corrected chi connectivity index (χ3v) is 6.05. The zero-order chi connectivity index (χ0) is 22.3. The van der Waals surface area contributed by atoms with Crippen molar-refractivity contribution in [1.29, 1.82) is 0 Å². The van der Waals surface area contributed by atoms with E-state index in [1.165, 1.54) is 6.26 Å². The first-order chi connectivity index (χ1) is 14.7. The molecule has 10 heteroatoms. The number of sulfonamides is 1. The van der Waals surface area contributed by atoms with Crippen molar-refractivity contribution >= 4 is 16.2 Å². The fraction of sp³-hybridized carbons (Fsp3) is 0.524. The maximum Gasteiger partial charge on any atom is 0.229 e. The van der Waals surface area contributed by atoms with E-state index < -0.39 is 10.0 Å². The number of nitrogens with zero attached hydrogens (tertiary/aromatic N) is 6. The van der Waals surface area contributed by atoms with Crippen LogP contribution in [-0.4, -0.2) is 60.1 Å². The average molecular weight is 446 g/mol. The molecule has 9 nitrogen and oxygen atoms in total. The van der Waals surface area contributed by atoms with Crippen LogP contribution in [0.15, 0.2) is 45.9 Å². The van der Waals surface area contributed by atoms with Gasteiger partial charge in [0.2, 0.25) is 10.0 Å². The summed E-state index contributed by atoms with van der Waals surface area (Å²) in [6.07, 6.45) is 10.0. The van der Waals surface area contributed by atoms with Crippen molar-refractivity contribution in [2.24, 2.45) is 4.99 Å². The highest BCUT2D eigenvalue weighted by Crippen LogP contribution is 2.36. The molecule has 0 aromatic carbocycles. The molecule has 0 amide bonds. The van der Waals surface area contributed by atoms with Crippen molar-refractivity contribution in [1.82, 2.24) is 24.2 Å². The highest BCUT2D eigenvalue weighted by molar-refractivity contribution is 7.88. The molecule has 0 aliphatic carbocycles. The van der Waals surface area contributed by atoms with Gasteiger partial charge in [-0.1, -0.05) is 13.8 Å². The Morgan fingerprint density at radius 1 is 1.19 bits per heavy atom. The number of allylic oxidation sites excluding steroid dienone is 1. The van der Waals surface area contributed by atoms with E-state index in [1.54, 1.807) is 0 Å². The molecule has 0 unspecified atom stereocenters. The molecule has 168 valence electrons. The second-order valence-electron chi connectivity index (χ2n) is 8.34. The number of hydrogen-bond acceptors (Lipinski definition) is 7. The van der Waals surface area contributed by atoms with Crippen LogP contribution < -0.4 is 9.73 Å². The Balaban J connectivity index is 1.73. The fourth-order valence-electron chi connectivity index (χ4n) is 4.30. The molecule has 0 bridgehead atoms. The van der Waals surface area contributed by atoms with Crippen molar-refractivity contribution in [2.45, 2.75) is 47.0 Å². The smallest absolute Gasteiger partial charge is 0.229 e. The molecule has 1 aromatic heterocycles. The first-order valence-corrected chi connectivity index (χ1v) is 12.6. The fourth-order valence-corrected chi connectivity index (χ4v) is 4.94. The van der Waals surface area contributed by atoms with Gasteiger partial charge >= 0.3 is 0 Å². The zero-order valence-electron chi connectivity index (χ0n) is 18.9. The van der Waals surface area contributed by atoms with E-state index in [2.05, 4.69) is 55.4 Å². The molecule has 4 heterocycles. The summed E-state index contributed by atoms with van der Waals surface area (Å²) in [5.41, 5.74) is 4.20. The lowest BCUT2D eigenvalue weighted by molar-refractivity contribution is 0.251. The molecular weight excluding hydrogens is 414 g/mol. The van der Waals surface area contributed by atoms with Crippen LogP contribution >= 0.6 is 0 Å². The highest BCUT2D eigenvalue weighted by atomic mass is 32.2. The number of hydrogen-bond donors (Lipinski definition) is 1. The molecule has 0 radical (unpaired) electrons. The third-order valence-electron chi connectivity index (χ3n) is 5.47. The molecule has 3 aliphatic rings. The van der Waals surface area contributed by atoms with Crippen molar-refractivity contribution in [3.63, 3.8) is 0 Å². The molecular formula is C21H31N7O2S. The summed E-state index contributed by atoms with van der Waals surface area (Å²) in [4.78, 5) is 13.9. The van der Waals surface area contributed by atoms with Gasteiger partial charge in [-0.25, -0.2) is 23.1 Å². The van der Waals surface area contributed by atoms with E-state index in [1.807, 2.05) is 20.1 Å². The van der Waals surface area contributed by atoms with Crippen LogP contribution in [0.2, 0.25) is 0 Å². The number of aliphatic imine (C=N–C) groups is 1. The van der Waals surface area contributed by atoms with E-state index in [-0.39, 0.29) is 0 Å². The summed E-state index contributed by atoms with van der Waals surface area (Å²) in [5.74, 6) is 1.98. The summed E-state index contributed by atoms with van der Waals surface area (Å²) < 4.78 is 28.8. The van der Waals surface area contributed by atoms with Crippen LogP contribution in [0.4, 0.5) is 0 Å². The lowest BCUT2D eigenvalue weighted by Gasteiger charge is -2.41. The molecule has 0 atom stereocenters. The summed E-state index contributed by atoms with van der Waals surface area (Å²) >= 11 is 0. The minimum atomic E-state index is -3.41. The van der Waals surface area contributed by atoms with Gasteiger partial charge in [0.05, 0.1) is 29.6 Å². The predicted octanol–water partition coefficient (Wildman–Crippen LogP) is 2.00. The van der Waals surface area contributed by atoms with E-state index >= 15 is 0 Å². The second-order valence-corrected chi connectivity index (χ2v) is 10.1. The topological polar surface area (TPSA) is 86.1 Å². The van der Waals surface area contributed by atoms with Gasteiger partial charge in [0.1, 0.15) is 24.0 Å². The van der Waals surface area contributed by atoms with Crippen LogP contribution in [-0.2, 0) is 16.4 Å². The van der Waals surface area contributed by atoms with Gasteiger partial charge in [0, 0.05) is 31.9 Å². The SMILES string of the molecule is CCCc1nc(C)cn1N1C=C2C=NC3=C(N(CCC)CC(C)=C3NS(C)(=O)=O)N2C1.